The summed E-state index contributed by atoms with van der Waals surface area (Å²) in [4.78, 5) is 12.3. The molecule has 0 bridgehead atoms. The lowest BCUT2D eigenvalue weighted by Gasteiger charge is -2.17. The molecule has 0 aliphatic heterocycles. The minimum atomic E-state index is -0.850. The van der Waals surface area contributed by atoms with E-state index < -0.39 is 5.60 Å². The number of aliphatic hydroxyl groups is 1. The summed E-state index contributed by atoms with van der Waals surface area (Å²) in [5, 5.41) is 9.63. The first-order chi connectivity index (χ1) is 6.02. The minimum Gasteiger partial charge on any atom is -0.469 e. The molecule has 13 heavy (non-hydrogen) atoms. The molecule has 0 saturated carbocycles. The van der Waals surface area contributed by atoms with E-state index in [0.29, 0.717) is 19.3 Å². The molecule has 0 aromatic carbocycles. The van der Waals surface area contributed by atoms with Crippen LogP contribution in [0.4, 0.5) is 0 Å². The second-order valence-corrected chi connectivity index (χ2v) is 3.61. The summed E-state index contributed by atoms with van der Waals surface area (Å²) in [6.45, 7) is 1.70. The molecule has 0 unspecified atom stereocenters. The van der Waals surface area contributed by atoms with E-state index in [-0.39, 0.29) is 5.97 Å². The Labute approximate surface area is 86.9 Å². The summed E-state index contributed by atoms with van der Waals surface area (Å²) >= 11 is 3.09. The fraction of sp³-hybridized carbons (Fsp3) is 0.667. The standard InChI is InChI=1S/C9H15BrO3/c1-9(12,6-7-10)5-3-4-8(11)13-2/h6-7,12H,3-5H2,1-2H3/b7-6+/t9-/m0/s1. The molecule has 0 saturated heterocycles. The van der Waals surface area contributed by atoms with Crippen molar-refractivity contribution in [2.45, 2.75) is 31.8 Å². The van der Waals surface area contributed by atoms with E-state index in [2.05, 4.69) is 20.7 Å². The molecule has 0 aromatic rings. The predicted molar refractivity (Wildman–Crippen MR) is 54.6 cm³/mol. The molecule has 3 nitrogen and oxygen atoms in total. The van der Waals surface area contributed by atoms with Crippen LogP contribution in [0, 0.1) is 0 Å². The zero-order valence-electron chi connectivity index (χ0n) is 7.92. The van der Waals surface area contributed by atoms with Crippen molar-refractivity contribution in [2.24, 2.45) is 0 Å². The normalized spacial score (nSPS) is 15.7. The summed E-state index contributed by atoms with van der Waals surface area (Å²) in [6.07, 6.45) is 3.16. The summed E-state index contributed by atoms with van der Waals surface area (Å²) < 4.78 is 4.48. The van der Waals surface area contributed by atoms with Crippen molar-refractivity contribution in [3.8, 4) is 0 Å². The molecule has 4 heteroatoms. The SMILES string of the molecule is COC(=O)CCC[C@](C)(O)/C=C/Br. The van der Waals surface area contributed by atoms with E-state index in [1.165, 1.54) is 7.11 Å². The van der Waals surface area contributed by atoms with Crippen molar-refractivity contribution in [1.82, 2.24) is 0 Å². The van der Waals surface area contributed by atoms with Crippen LogP contribution >= 0.6 is 15.9 Å². The molecule has 0 heterocycles. The first kappa shape index (κ1) is 12.7. The Morgan fingerprint density at radius 3 is 2.77 bits per heavy atom. The molecule has 0 aliphatic rings. The van der Waals surface area contributed by atoms with Gasteiger partial charge in [0.15, 0.2) is 0 Å². The van der Waals surface area contributed by atoms with Gasteiger partial charge >= 0.3 is 5.97 Å². The lowest BCUT2D eigenvalue weighted by atomic mass is 9.99. The average molecular weight is 251 g/mol. The second-order valence-electron chi connectivity index (χ2n) is 3.08. The van der Waals surface area contributed by atoms with Gasteiger partial charge in [0.25, 0.3) is 0 Å². The number of ether oxygens (including phenoxy) is 1. The van der Waals surface area contributed by atoms with Crippen LogP contribution in [-0.4, -0.2) is 23.8 Å². The Hall–Kier alpha value is -0.350. The molecule has 1 N–H and O–H groups in total. The van der Waals surface area contributed by atoms with Gasteiger partial charge in [-0.05, 0) is 30.8 Å². The monoisotopic (exact) mass is 250 g/mol. The van der Waals surface area contributed by atoms with E-state index in [9.17, 15) is 9.90 Å². The highest BCUT2D eigenvalue weighted by atomic mass is 79.9. The lowest BCUT2D eigenvalue weighted by Crippen LogP contribution is -2.20. The van der Waals surface area contributed by atoms with Gasteiger partial charge < -0.3 is 9.84 Å². The van der Waals surface area contributed by atoms with Gasteiger partial charge in [0, 0.05) is 6.42 Å². The van der Waals surface area contributed by atoms with Crippen LogP contribution in [0.25, 0.3) is 0 Å². The second kappa shape index (κ2) is 6.16. The fourth-order valence-corrected chi connectivity index (χ4v) is 1.48. The van der Waals surface area contributed by atoms with E-state index in [4.69, 9.17) is 0 Å². The van der Waals surface area contributed by atoms with Crippen LogP contribution in [0.3, 0.4) is 0 Å². The van der Waals surface area contributed by atoms with Crippen LogP contribution < -0.4 is 0 Å². The van der Waals surface area contributed by atoms with Crippen LogP contribution in [0.15, 0.2) is 11.1 Å². The van der Waals surface area contributed by atoms with Crippen molar-refractivity contribution in [3.05, 3.63) is 11.1 Å². The third kappa shape index (κ3) is 6.78. The van der Waals surface area contributed by atoms with Crippen molar-refractivity contribution >= 4 is 21.9 Å². The molecular weight excluding hydrogens is 236 g/mol. The summed E-state index contributed by atoms with van der Waals surface area (Å²) in [5.74, 6) is -0.237. The van der Waals surface area contributed by atoms with Crippen molar-refractivity contribution in [3.63, 3.8) is 0 Å². The molecule has 0 rings (SSSR count). The van der Waals surface area contributed by atoms with Gasteiger partial charge in [0.1, 0.15) is 0 Å². The first-order valence-electron chi connectivity index (χ1n) is 4.09. The van der Waals surface area contributed by atoms with Crippen LogP contribution in [0.2, 0.25) is 0 Å². The van der Waals surface area contributed by atoms with Gasteiger partial charge in [0.2, 0.25) is 0 Å². The van der Waals surface area contributed by atoms with Crippen molar-refractivity contribution < 1.29 is 14.6 Å². The van der Waals surface area contributed by atoms with Gasteiger partial charge in [-0.15, -0.1) is 0 Å². The number of hydrogen-bond donors (Lipinski definition) is 1. The molecular formula is C9H15BrO3. The number of carbonyl (C=O) groups is 1. The van der Waals surface area contributed by atoms with Gasteiger partial charge in [0.05, 0.1) is 12.7 Å². The summed E-state index contributed by atoms with van der Waals surface area (Å²) in [6, 6.07) is 0. The molecule has 0 fully saturated rings. The van der Waals surface area contributed by atoms with Crippen LogP contribution in [0.1, 0.15) is 26.2 Å². The Kier molecular flexibility index (Phi) is 5.99. The van der Waals surface area contributed by atoms with E-state index in [0.717, 1.165) is 0 Å². The highest BCUT2D eigenvalue weighted by Crippen LogP contribution is 2.15. The Balaban J connectivity index is 3.69. The van der Waals surface area contributed by atoms with Crippen molar-refractivity contribution in [1.29, 1.82) is 0 Å². The quantitative estimate of drug-likeness (QED) is 0.760. The first-order valence-corrected chi connectivity index (χ1v) is 5.00. The van der Waals surface area contributed by atoms with Gasteiger partial charge in [-0.25, -0.2) is 0 Å². The third-order valence-corrected chi connectivity index (χ3v) is 1.98. The Morgan fingerprint density at radius 2 is 2.31 bits per heavy atom. The summed E-state index contributed by atoms with van der Waals surface area (Å²) in [7, 11) is 1.36. The smallest absolute Gasteiger partial charge is 0.305 e. The van der Waals surface area contributed by atoms with Crippen LogP contribution in [0.5, 0.6) is 0 Å². The van der Waals surface area contributed by atoms with Gasteiger partial charge in [-0.2, -0.15) is 0 Å². The van der Waals surface area contributed by atoms with E-state index in [1.807, 2.05) is 0 Å². The highest BCUT2D eigenvalue weighted by molar-refractivity contribution is 9.11. The van der Waals surface area contributed by atoms with Crippen LogP contribution in [-0.2, 0) is 9.53 Å². The molecule has 0 radical (unpaired) electrons. The highest BCUT2D eigenvalue weighted by Gasteiger charge is 2.15. The number of carbonyl (C=O) groups excluding carboxylic acids is 1. The maximum absolute atomic E-state index is 10.7. The molecule has 0 amide bonds. The number of esters is 1. The number of rotatable bonds is 5. The molecule has 76 valence electrons. The largest absolute Gasteiger partial charge is 0.469 e. The van der Waals surface area contributed by atoms with Gasteiger partial charge in [-0.3, -0.25) is 4.79 Å². The maximum atomic E-state index is 10.7. The fourth-order valence-electron chi connectivity index (χ4n) is 0.912. The summed E-state index contributed by atoms with van der Waals surface area (Å²) in [5.41, 5.74) is -0.850. The van der Waals surface area contributed by atoms with Gasteiger partial charge in [-0.1, -0.05) is 15.9 Å². The number of hydrogen-bond acceptors (Lipinski definition) is 3. The predicted octanol–water partition coefficient (Wildman–Crippen LogP) is 1.99. The molecule has 1 atom stereocenters. The van der Waals surface area contributed by atoms with Crippen molar-refractivity contribution in [2.75, 3.05) is 7.11 Å². The zero-order chi connectivity index (χ0) is 10.3. The maximum Gasteiger partial charge on any atom is 0.305 e. The average Bonchev–Trinajstić information content (AvgIpc) is 2.03. The number of methoxy groups -OCH3 is 1. The molecule has 0 spiro atoms. The Bertz CT molecular complexity index is 187. The minimum absolute atomic E-state index is 0.237. The molecule has 0 aromatic heterocycles. The topological polar surface area (TPSA) is 46.5 Å². The molecule has 0 aliphatic carbocycles. The lowest BCUT2D eigenvalue weighted by molar-refractivity contribution is -0.140. The zero-order valence-corrected chi connectivity index (χ0v) is 9.50. The number of halogens is 1. The van der Waals surface area contributed by atoms with E-state index >= 15 is 0 Å². The Morgan fingerprint density at radius 1 is 1.69 bits per heavy atom. The van der Waals surface area contributed by atoms with E-state index in [1.54, 1.807) is 18.0 Å². The third-order valence-electron chi connectivity index (χ3n) is 1.71.